The van der Waals surface area contributed by atoms with E-state index in [1.807, 2.05) is 0 Å². The molecule has 0 bridgehead atoms. The molecule has 42 valence electrons. The molecule has 7 heavy (non-hydrogen) atoms. The smallest absolute Gasteiger partial charge is 0.200 e. The third-order valence-corrected chi connectivity index (χ3v) is 1.26. The van der Waals surface area contributed by atoms with E-state index in [1.165, 1.54) is 14.0 Å². The predicted molar refractivity (Wildman–Crippen MR) is 29.8 cm³/mol. The normalized spacial score (nSPS) is 16.7. The molecule has 0 spiro atoms. The van der Waals surface area contributed by atoms with Crippen LogP contribution in [0.1, 0.15) is 6.92 Å². The molecule has 0 amide bonds. The van der Waals surface area contributed by atoms with Crippen LogP contribution < -0.4 is 0 Å². The molecule has 0 aromatic carbocycles. The van der Waals surface area contributed by atoms with Gasteiger partial charge in [-0.15, -0.1) is 0 Å². The average molecular weight is 121 g/mol. The highest BCUT2D eigenvalue weighted by atomic mass is 32.2. The molecule has 0 rings (SSSR count). The summed E-state index contributed by atoms with van der Waals surface area (Å²) in [4.78, 5) is 3.45. The minimum atomic E-state index is -1.86. The van der Waals surface area contributed by atoms with E-state index in [2.05, 4.69) is 4.99 Å². The Morgan fingerprint density at radius 1 is 1.86 bits per heavy atom. The summed E-state index contributed by atoms with van der Waals surface area (Å²) >= 11 is -1.86. The molecular weight excluding hydrogens is 114 g/mol. The minimum absolute atomic E-state index is 0.250. The van der Waals surface area contributed by atoms with Crippen LogP contribution >= 0.6 is 0 Å². The summed E-state index contributed by atoms with van der Waals surface area (Å²) < 4.78 is 18.1. The number of hydrogen-bond donors (Lipinski definition) is 1. The van der Waals surface area contributed by atoms with Gasteiger partial charge in [-0.2, -0.15) is 0 Å². The van der Waals surface area contributed by atoms with Crippen molar-refractivity contribution in [3.05, 3.63) is 0 Å². The van der Waals surface area contributed by atoms with E-state index in [-0.39, 0.29) is 5.04 Å². The summed E-state index contributed by atoms with van der Waals surface area (Å²) in [6.07, 6.45) is 0. The highest BCUT2D eigenvalue weighted by Crippen LogP contribution is 1.77. The molecular formula is C3H7NO2S. The zero-order chi connectivity index (χ0) is 5.86. The molecule has 0 heterocycles. The van der Waals surface area contributed by atoms with Gasteiger partial charge in [0, 0.05) is 7.05 Å². The first-order chi connectivity index (χ1) is 3.18. The molecule has 4 heteroatoms. The van der Waals surface area contributed by atoms with Crippen molar-refractivity contribution in [3.63, 3.8) is 0 Å². The molecule has 1 N–H and O–H groups in total. The first-order valence-electron chi connectivity index (χ1n) is 1.72. The van der Waals surface area contributed by atoms with Gasteiger partial charge >= 0.3 is 0 Å². The Balaban J connectivity index is 3.82. The molecule has 0 aromatic rings. The molecule has 0 radical (unpaired) electrons. The van der Waals surface area contributed by atoms with E-state index in [1.54, 1.807) is 0 Å². The van der Waals surface area contributed by atoms with E-state index in [0.717, 1.165) is 0 Å². The lowest BCUT2D eigenvalue weighted by atomic mass is 10.9. The molecule has 3 nitrogen and oxygen atoms in total. The van der Waals surface area contributed by atoms with Crippen molar-refractivity contribution < 1.29 is 8.76 Å². The molecule has 0 saturated heterocycles. The van der Waals surface area contributed by atoms with Crippen molar-refractivity contribution in [2.45, 2.75) is 6.92 Å². The van der Waals surface area contributed by atoms with Crippen molar-refractivity contribution >= 4 is 16.1 Å². The Kier molecular flexibility index (Phi) is 2.78. The van der Waals surface area contributed by atoms with E-state index in [4.69, 9.17) is 4.55 Å². The number of hydrogen-bond acceptors (Lipinski definition) is 2. The molecule has 0 saturated carbocycles. The fourth-order valence-electron chi connectivity index (χ4n) is 0.0781. The number of aliphatic imine (C=N–C) groups is 1. The van der Waals surface area contributed by atoms with Gasteiger partial charge in [-0.3, -0.25) is 4.99 Å². The Morgan fingerprint density at radius 2 is 2.29 bits per heavy atom. The quantitative estimate of drug-likeness (QED) is 0.284. The fourth-order valence-corrected chi connectivity index (χ4v) is 0.234. The topological polar surface area (TPSA) is 49.7 Å². The van der Waals surface area contributed by atoms with Gasteiger partial charge < -0.3 is 4.55 Å². The van der Waals surface area contributed by atoms with Crippen LogP contribution in [-0.4, -0.2) is 20.9 Å². The predicted octanol–water partition coefficient (Wildman–Crippen LogP) is 0.256. The first kappa shape index (κ1) is 6.78. The molecule has 0 aromatic heterocycles. The molecule has 0 aliphatic carbocycles. The second kappa shape index (κ2) is 2.87. The monoisotopic (exact) mass is 121 g/mol. The van der Waals surface area contributed by atoms with Crippen molar-refractivity contribution in [2.75, 3.05) is 7.05 Å². The summed E-state index contributed by atoms with van der Waals surface area (Å²) in [5.74, 6) is 0. The van der Waals surface area contributed by atoms with Crippen LogP contribution in [0.5, 0.6) is 0 Å². The Labute approximate surface area is 44.7 Å². The molecule has 0 aliphatic rings. The van der Waals surface area contributed by atoms with E-state index in [0.29, 0.717) is 0 Å². The summed E-state index contributed by atoms with van der Waals surface area (Å²) in [6, 6.07) is 0. The van der Waals surface area contributed by atoms with Gasteiger partial charge in [0.2, 0.25) is 11.1 Å². The van der Waals surface area contributed by atoms with Crippen molar-refractivity contribution in [1.82, 2.24) is 0 Å². The van der Waals surface area contributed by atoms with Gasteiger partial charge in [0.25, 0.3) is 0 Å². The van der Waals surface area contributed by atoms with Gasteiger partial charge in [0.05, 0.1) is 0 Å². The molecule has 1 unspecified atom stereocenters. The van der Waals surface area contributed by atoms with Gasteiger partial charge in [-0.05, 0) is 6.92 Å². The summed E-state index contributed by atoms with van der Waals surface area (Å²) in [6.45, 7) is 1.50. The SMILES string of the molecule is CN=C(C)S(=O)O. The third-order valence-electron chi connectivity index (χ3n) is 0.568. The highest BCUT2D eigenvalue weighted by molar-refractivity contribution is 7.95. The van der Waals surface area contributed by atoms with Crippen LogP contribution in [0.25, 0.3) is 0 Å². The Hall–Kier alpha value is -0.220. The zero-order valence-electron chi connectivity index (χ0n) is 4.21. The second-order valence-electron chi connectivity index (χ2n) is 0.992. The molecule has 0 fully saturated rings. The lowest BCUT2D eigenvalue weighted by molar-refractivity contribution is 0.577. The summed E-state index contributed by atoms with van der Waals surface area (Å²) in [5, 5.41) is 0.250. The summed E-state index contributed by atoms with van der Waals surface area (Å²) in [5.41, 5.74) is 0. The van der Waals surface area contributed by atoms with Crippen LogP contribution in [0.2, 0.25) is 0 Å². The molecule has 0 aliphatic heterocycles. The maximum Gasteiger partial charge on any atom is 0.200 e. The standard InChI is InChI=1S/C3H7NO2S/c1-3(4-2)7(5)6/h1-2H3,(H,5,6). The van der Waals surface area contributed by atoms with Crippen molar-refractivity contribution in [3.8, 4) is 0 Å². The van der Waals surface area contributed by atoms with E-state index < -0.39 is 11.1 Å². The maximum atomic E-state index is 9.91. The minimum Gasteiger partial charge on any atom is -0.301 e. The zero-order valence-corrected chi connectivity index (χ0v) is 5.03. The third kappa shape index (κ3) is 2.47. The number of nitrogens with zero attached hydrogens (tertiary/aromatic N) is 1. The molecule has 1 atom stereocenters. The second-order valence-corrected chi connectivity index (χ2v) is 2.08. The van der Waals surface area contributed by atoms with Gasteiger partial charge in [0.15, 0.2) is 0 Å². The maximum absolute atomic E-state index is 9.91. The fraction of sp³-hybridized carbons (Fsp3) is 0.667. The largest absolute Gasteiger partial charge is 0.301 e. The average Bonchev–Trinajstić information content (AvgIpc) is 1.65. The lowest BCUT2D eigenvalue weighted by Gasteiger charge is -1.84. The van der Waals surface area contributed by atoms with Crippen molar-refractivity contribution in [2.24, 2.45) is 4.99 Å². The Morgan fingerprint density at radius 3 is 2.29 bits per heavy atom. The highest BCUT2D eigenvalue weighted by Gasteiger charge is 1.92. The lowest BCUT2D eigenvalue weighted by Crippen LogP contribution is -1.98. The number of rotatable bonds is 0. The van der Waals surface area contributed by atoms with E-state index in [9.17, 15) is 4.21 Å². The van der Waals surface area contributed by atoms with Crippen LogP contribution in [0, 0.1) is 0 Å². The first-order valence-corrected chi connectivity index (χ1v) is 2.83. The van der Waals surface area contributed by atoms with Gasteiger partial charge in [0.1, 0.15) is 5.04 Å². The summed E-state index contributed by atoms with van der Waals surface area (Å²) in [7, 11) is 1.48. The van der Waals surface area contributed by atoms with Crippen LogP contribution in [0.4, 0.5) is 0 Å². The Bertz CT molecular complexity index is 110. The van der Waals surface area contributed by atoms with Crippen LogP contribution in [0.3, 0.4) is 0 Å². The van der Waals surface area contributed by atoms with Crippen LogP contribution in [-0.2, 0) is 11.1 Å². The van der Waals surface area contributed by atoms with E-state index >= 15 is 0 Å². The van der Waals surface area contributed by atoms with Crippen LogP contribution in [0.15, 0.2) is 4.99 Å². The van der Waals surface area contributed by atoms with Gasteiger partial charge in [-0.1, -0.05) is 0 Å². The van der Waals surface area contributed by atoms with Gasteiger partial charge in [-0.25, -0.2) is 4.21 Å². The van der Waals surface area contributed by atoms with Crippen molar-refractivity contribution in [1.29, 1.82) is 0 Å².